The minimum atomic E-state index is -0.961. The lowest BCUT2D eigenvalue weighted by molar-refractivity contribution is -0.125. The summed E-state index contributed by atoms with van der Waals surface area (Å²) in [5.41, 5.74) is 0. The summed E-state index contributed by atoms with van der Waals surface area (Å²) in [5, 5.41) is 13.8. The molecule has 2 amide bonds. The molecule has 5 heteroatoms. The molecule has 5 nitrogen and oxygen atoms in total. The number of fused-ring (bicyclic) bond motifs is 2. The average Bonchev–Trinajstić information content (AvgIpc) is 3.03. The van der Waals surface area contributed by atoms with Crippen LogP contribution in [0.5, 0.6) is 0 Å². The molecule has 2 aliphatic rings. The number of allylic oxidation sites excluding steroid dienone is 2. The molecule has 0 aromatic carbocycles. The third kappa shape index (κ3) is 4.25. The van der Waals surface area contributed by atoms with E-state index >= 15 is 0 Å². The zero-order valence-corrected chi connectivity index (χ0v) is 11.8. The molecule has 20 heavy (non-hydrogen) atoms. The largest absolute Gasteiger partial charge is 0.465 e. The van der Waals surface area contributed by atoms with Crippen molar-refractivity contribution < 1.29 is 14.7 Å². The molecule has 0 aromatic heterocycles. The molecule has 3 N–H and O–H groups in total. The molecule has 0 aliphatic heterocycles. The second kappa shape index (κ2) is 7.31. The number of hydrogen-bond donors (Lipinski definition) is 3. The Kier molecular flexibility index (Phi) is 5.44. The van der Waals surface area contributed by atoms with Crippen LogP contribution < -0.4 is 10.6 Å². The lowest BCUT2D eigenvalue weighted by Crippen LogP contribution is -2.33. The fourth-order valence-corrected chi connectivity index (χ4v) is 3.22. The van der Waals surface area contributed by atoms with Crippen LogP contribution in [0.2, 0.25) is 0 Å². The van der Waals surface area contributed by atoms with E-state index in [1.165, 1.54) is 0 Å². The van der Waals surface area contributed by atoms with Crippen LogP contribution in [0.3, 0.4) is 0 Å². The first-order chi connectivity index (χ1) is 9.66. The molecule has 1 fully saturated rings. The smallest absolute Gasteiger partial charge is 0.404 e. The molecule has 112 valence electrons. The Morgan fingerprint density at radius 1 is 1.00 bits per heavy atom. The standard InChI is InChI=1S/C15H24N2O3/c18-14(13-10-11-5-6-12(13)9-11)16-7-3-1-2-4-8-17-15(19)20/h5-6,11-13,17H,1-4,7-10H2,(H,16,18)(H,19,20). The topological polar surface area (TPSA) is 78.4 Å². The number of rotatable bonds is 8. The second-order valence-electron chi connectivity index (χ2n) is 5.82. The molecule has 3 atom stereocenters. The number of amides is 2. The number of carbonyl (C=O) groups is 2. The number of nitrogens with one attached hydrogen (secondary N) is 2. The van der Waals surface area contributed by atoms with Gasteiger partial charge in [0.1, 0.15) is 0 Å². The van der Waals surface area contributed by atoms with Gasteiger partial charge in [0.15, 0.2) is 0 Å². The van der Waals surface area contributed by atoms with E-state index in [2.05, 4.69) is 22.8 Å². The van der Waals surface area contributed by atoms with E-state index in [1.807, 2.05) is 0 Å². The van der Waals surface area contributed by atoms with Crippen LogP contribution in [0, 0.1) is 17.8 Å². The van der Waals surface area contributed by atoms with Gasteiger partial charge < -0.3 is 15.7 Å². The Balaban J connectivity index is 1.46. The number of unbranched alkanes of at least 4 members (excludes halogenated alkanes) is 3. The molecule has 2 bridgehead atoms. The fraction of sp³-hybridized carbons (Fsp3) is 0.733. The number of carboxylic acid groups (broad SMARTS) is 1. The summed E-state index contributed by atoms with van der Waals surface area (Å²) < 4.78 is 0. The maximum absolute atomic E-state index is 12.0. The summed E-state index contributed by atoms with van der Waals surface area (Å²) in [5.74, 6) is 1.53. The van der Waals surface area contributed by atoms with Crippen LogP contribution in [0.4, 0.5) is 4.79 Å². The summed E-state index contributed by atoms with van der Waals surface area (Å²) in [6.07, 6.45) is 9.52. The van der Waals surface area contributed by atoms with Crippen molar-refractivity contribution in [1.29, 1.82) is 0 Å². The maximum Gasteiger partial charge on any atom is 0.404 e. The molecule has 0 spiro atoms. The van der Waals surface area contributed by atoms with Crippen LogP contribution in [0.25, 0.3) is 0 Å². The average molecular weight is 280 g/mol. The molecule has 0 heterocycles. The summed E-state index contributed by atoms with van der Waals surface area (Å²) in [6.45, 7) is 1.25. The van der Waals surface area contributed by atoms with E-state index < -0.39 is 6.09 Å². The van der Waals surface area contributed by atoms with E-state index in [9.17, 15) is 9.59 Å². The molecule has 2 aliphatic carbocycles. The molecule has 3 unspecified atom stereocenters. The van der Waals surface area contributed by atoms with Crippen LogP contribution >= 0.6 is 0 Å². The molecular weight excluding hydrogens is 256 g/mol. The summed E-state index contributed by atoms with van der Waals surface area (Å²) >= 11 is 0. The Labute approximate surface area is 119 Å². The maximum atomic E-state index is 12.0. The van der Waals surface area contributed by atoms with E-state index in [0.717, 1.165) is 45.1 Å². The van der Waals surface area contributed by atoms with Crippen LogP contribution in [0.1, 0.15) is 38.5 Å². The van der Waals surface area contributed by atoms with Gasteiger partial charge >= 0.3 is 6.09 Å². The quantitative estimate of drug-likeness (QED) is 0.471. The van der Waals surface area contributed by atoms with Crippen molar-refractivity contribution in [1.82, 2.24) is 10.6 Å². The highest BCUT2D eigenvalue weighted by Crippen LogP contribution is 2.43. The van der Waals surface area contributed by atoms with Crippen molar-refractivity contribution in [2.75, 3.05) is 13.1 Å². The Morgan fingerprint density at radius 3 is 2.25 bits per heavy atom. The predicted octanol–water partition coefficient (Wildman–Crippen LogP) is 2.14. The van der Waals surface area contributed by atoms with Crippen molar-refractivity contribution in [3.63, 3.8) is 0 Å². The Bertz CT molecular complexity index is 381. The highest BCUT2D eigenvalue weighted by molar-refractivity contribution is 5.79. The van der Waals surface area contributed by atoms with Crippen molar-refractivity contribution >= 4 is 12.0 Å². The molecule has 0 radical (unpaired) electrons. The summed E-state index contributed by atoms with van der Waals surface area (Å²) in [7, 11) is 0. The Hall–Kier alpha value is -1.52. The van der Waals surface area contributed by atoms with Gasteiger partial charge in [-0.05, 0) is 37.5 Å². The lowest BCUT2D eigenvalue weighted by atomic mass is 9.93. The van der Waals surface area contributed by atoms with Crippen molar-refractivity contribution in [2.45, 2.75) is 38.5 Å². The van der Waals surface area contributed by atoms with Gasteiger partial charge in [0.25, 0.3) is 0 Å². The summed E-state index contributed by atoms with van der Waals surface area (Å²) in [4.78, 5) is 22.3. The molecule has 2 rings (SSSR count). The van der Waals surface area contributed by atoms with Crippen molar-refractivity contribution in [2.24, 2.45) is 17.8 Å². The fourth-order valence-electron chi connectivity index (χ4n) is 3.22. The van der Waals surface area contributed by atoms with Crippen LogP contribution in [0.15, 0.2) is 12.2 Å². The zero-order valence-electron chi connectivity index (χ0n) is 11.8. The van der Waals surface area contributed by atoms with E-state index in [4.69, 9.17) is 5.11 Å². The first kappa shape index (κ1) is 14.9. The van der Waals surface area contributed by atoms with Crippen molar-refractivity contribution in [3.05, 3.63) is 12.2 Å². The van der Waals surface area contributed by atoms with Gasteiger partial charge in [-0.25, -0.2) is 4.79 Å². The van der Waals surface area contributed by atoms with Gasteiger partial charge in [0.2, 0.25) is 5.91 Å². The molecule has 1 saturated carbocycles. The van der Waals surface area contributed by atoms with Gasteiger partial charge in [-0.2, -0.15) is 0 Å². The molecular formula is C15H24N2O3. The molecule has 0 aromatic rings. The summed E-state index contributed by atoms with van der Waals surface area (Å²) in [6, 6.07) is 0. The van der Waals surface area contributed by atoms with Crippen molar-refractivity contribution in [3.8, 4) is 0 Å². The van der Waals surface area contributed by atoms with Gasteiger partial charge in [0.05, 0.1) is 0 Å². The van der Waals surface area contributed by atoms with E-state index in [1.54, 1.807) is 0 Å². The van der Waals surface area contributed by atoms with E-state index in [0.29, 0.717) is 18.4 Å². The van der Waals surface area contributed by atoms with E-state index in [-0.39, 0.29) is 11.8 Å². The van der Waals surface area contributed by atoms with Crippen LogP contribution in [-0.2, 0) is 4.79 Å². The minimum Gasteiger partial charge on any atom is -0.465 e. The monoisotopic (exact) mass is 280 g/mol. The predicted molar refractivity (Wildman–Crippen MR) is 76.3 cm³/mol. The third-order valence-electron chi connectivity index (χ3n) is 4.29. The second-order valence-corrected chi connectivity index (χ2v) is 5.82. The van der Waals surface area contributed by atoms with Gasteiger partial charge in [-0.15, -0.1) is 0 Å². The lowest BCUT2D eigenvalue weighted by Gasteiger charge is -2.17. The van der Waals surface area contributed by atoms with Gasteiger partial charge in [-0.3, -0.25) is 4.79 Å². The third-order valence-corrected chi connectivity index (χ3v) is 4.29. The first-order valence-corrected chi connectivity index (χ1v) is 7.59. The normalized spacial score (nSPS) is 26.7. The van der Waals surface area contributed by atoms with Crippen LogP contribution in [-0.4, -0.2) is 30.2 Å². The Morgan fingerprint density at radius 2 is 1.70 bits per heavy atom. The zero-order chi connectivity index (χ0) is 14.4. The van der Waals surface area contributed by atoms with Gasteiger partial charge in [-0.1, -0.05) is 25.0 Å². The number of hydrogen-bond acceptors (Lipinski definition) is 2. The van der Waals surface area contributed by atoms with Gasteiger partial charge in [0, 0.05) is 19.0 Å². The molecule has 0 saturated heterocycles. The number of carbonyl (C=O) groups excluding carboxylic acids is 1. The SMILES string of the molecule is O=C(O)NCCCCCCNC(=O)C1CC2C=CC1C2. The first-order valence-electron chi connectivity index (χ1n) is 7.59. The highest BCUT2D eigenvalue weighted by atomic mass is 16.4. The minimum absolute atomic E-state index is 0.199. The highest BCUT2D eigenvalue weighted by Gasteiger charge is 2.39.